The summed E-state index contributed by atoms with van der Waals surface area (Å²) in [7, 11) is 0. The molecule has 0 radical (unpaired) electrons. The van der Waals surface area contributed by atoms with Gasteiger partial charge in [-0.15, -0.1) is 0 Å². The zero-order chi connectivity index (χ0) is 51.6. The topological polar surface area (TPSA) is 376 Å². The van der Waals surface area contributed by atoms with Gasteiger partial charge in [0.25, 0.3) is 0 Å². The maximum atomic E-state index is 13.0. The van der Waals surface area contributed by atoms with Gasteiger partial charge in [0.2, 0.25) is 0 Å². The highest BCUT2D eigenvalue weighted by molar-refractivity contribution is 5.73. The number of rotatable bonds is 11. The maximum Gasteiger partial charge on any atom is 0.335 e. The van der Waals surface area contributed by atoms with Crippen LogP contribution in [-0.4, -0.2) is 226 Å². The van der Waals surface area contributed by atoms with Crippen molar-refractivity contribution in [1.82, 2.24) is 0 Å². The van der Waals surface area contributed by atoms with Crippen LogP contribution in [0.15, 0.2) is 11.6 Å². The highest BCUT2D eigenvalue weighted by Gasteiger charge is 2.73. The van der Waals surface area contributed by atoms with Crippen molar-refractivity contribution in [3.63, 3.8) is 0 Å². The Morgan fingerprint density at radius 3 is 1.73 bits per heavy atom. The number of carboxylic acid groups (broad SMARTS) is 1. The fourth-order valence-corrected chi connectivity index (χ4v) is 15.4. The molecule has 3 aliphatic heterocycles. The first kappa shape index (κ1) is 54.7. The van der Waals surface area contributed by atoms with Gasteiger partial charge in [-0.2, -0.15) is 0 Å². The molecule has 8 aliphatic rings. The molecule has 22 nitrogen and oxygen atoms in total. The summed E-state index contributed by atoms with van der Waals surface area (Å²) in [4.78, 5) is 13.0. The van der Waals surface area contributed by atoms with Crippen molar-refractivity contribution in [2.24, 2.45) is 50.2 Å². The number of fused-ring (bicyclic) bond motifs is 7. The van der Waals surface area contributed by atoms with Crippen molar-refractivity contribution in [2.75, 3.05) is 26.4 Å². The van der Waals surface area contributed by atoms with Gasteiger partial charge >= 0.3 is 5.97 Å². The third-order valence-electron chi connectivity index (χ3n) is 19.8. The quantitative estimate of drug-likeness (QED) is 0.0708. The summed E-state index contributed by atoms with van der Waals surface area (Å²) in [6.07, 6.45) is -27.6. The minimum absolute atomic E-state index is 0.0213. The van der Waals surface area contributed by atoms with Crippen LogP contribution in [-0.2, 0) is 33.2 Å². The number of hydrogen-bond donors (Lipinski definition) is 15. The second-order valence-corrected chi connectivity index (χ2v) is 23.6. The highest BCUT2D eigenvalue weighted by atomic mass is 16.8. The molecule has 4 saturated carbocycles. The molecule has 3 saturated heterocycles. The molecule has 8 rings (SSSR count). The first-order chi connectivity index (χ1) is 32.7. The summed E-state index contributed by atoms with van der Waals surface area (Å²) in [5.41, 5.74) is -3.63. The van der Waals surface area contributed by atoms with Gasteiger partial charge in [-0.1, -0.05) is 53.2 Å². The Bertz CT molecular complexity index is 1920. The third kappa shape index (κ3) is 8.00. The predicted octanol–water partition coefficient (Wildman–Crippen LogP) is -3.41. The largest absolute Gasteiger partial charge is 0.479 e. The third-order valence-corrected chi connectivity index (χ3v) is 19.8. The number of hydrogen-bond acceptors (Lipinski definition) is 21. The van der Waals surface area contributed by atoms with Crippen molar-refractivity contribution in [1.29, 1.82) is 0 Å². The number of carbonyl (C=O) groups is 1. The van der Waals surface area contributed by atoms with Crippen LogP contribution in [0, 0.1) is 50.2 Å². The van der Waals surface area contributed by atoms with Crippen LogP contribution < -0.4 is 0 Å². The van der Waals surface area contributed by atoms with E-state index in [1.165, 1.54) is 0 Å². The van der Waals surface area contributed by atoms with E-state index in [2.05, 4.69) is 26.8 Å². The lowest BCUT2D eigenvalue weighted by molar-refractivity contribution is -0.392. The predicted molar refractivity (Wildman–Crippen MR) is 236 cm³/mol. The molecule has 402 valence electrons. The summed E-state index contributed by atoms with van der Waals surface area (Å²) in [6.45, 7) is 9.60. The Kier molecular flexibility index (Phi) is 15.0. The minimum Gasteiger partial charge on any atom is -0.479 e. The molecule has 5 aliphatic carbocycles. The molecule has 70 heavy (non-hydrogen) atoms. The van der Waals surface area contributed by atoms with Crippen LogP contribution >= 0.6 is 0 Å². The monoisotopic (exact) mass is 1010 g/mol. The molecule has 0 aromatic heterocycles. The van der Waals surface area contributed by atoms with Gasteiger partial charge < -0.3 is 105 Å². The van der Waals surface area contributed by atoms with Crippen LogP contribution in [0.5, 0.6) is 0 Å². The standard InChI is InChI=1S/C48H78O22/c1-43(2)13-20-19-7-8-24-44(3)11-10-26(45(4,17-51)23(44)9-12-46(24,5)47(19,6)14-25(53)48(20,18-52)38(62)37(43)61)67-42-35(69-41-32(59)30(57)28(55)22(16-50)66-41)33(60)34(36(70-42)39(63)64)68-40-31(58)29(56)27(54)21(15-49)65-40/h7,20-38,40-42,49-62H,8-18H2,1-6H3,(H,63,64)/t20?,21-,22-,23?,24?,25-,26+,27-,28-,29+,30+,31-,32-,33+,34+,35-,36+,37+,38+,40-,41-,42-,44?,45-,46?,47-,48?/m1/s1. The first-order valence-electron chi connectivity index (χ1n) is 24.8. The van der Waals surface area contributed by atoms with Crippen LogP contribution in [0.25, 0.3) is 0 Å². The fraction of sp³-hybridized carbons (Fsp3) is 0.938. The van der Waals surface area contributed by atoms with Gasteiger partial charge in [0, 0.05) is 5.41 Å². The Morgan fingerprint density at radius 1 is 0.629 bits per heavy atom. The molecule has 0 bridgehead atoms. The van der Waals surface area contributed by atoms with E-state index in [1.54, 1.807) is 0 Å². The van der Waals surface area contributed by atoms with Crippen molar-refractivity contribution in [2.45, 2.75) is 203 Å². The zero-order valence-corrected chi connectivity index (χ0v) is 40.6. The van der Waals surface area contributed by atoms with E-state index < -0.39 is 187 Å². The van der Waals surface area contributed by atoms with Gasteiger partial charge in [-0.25, -0.2) is 4.79 Å². The first-order valence-corrected chi connectivity index (χ1v) is 24.8. The molecule has 0 aromatic carbocycles. The number of carboxylic acids is 1. The molecule has 0 aromatic rings. The molecule has 0 spiro atoms. The number of ether oxygens (including phenoxy) is 6. The Labute approximate surface area is 406 Å². The second-order valence-electron chi connectivity index (χ2n) is 23.6. The summed E-state index contributed by atoms with van der Waals surface area (Å²) >= 11 is 0. The lowest BCUT2D eigenvalue weighted by Crippen LogP contribution is -2.72. The van der Waals surface area contributed by atoms with E-state index in [9.17, 15) is 81.4 Å². The van der Waals surface area contributed by atoms with E-state index in [-0.39, 0.29) is 24.7 Å². The molecular formula is C48H78O22. The molecule has 15 N–H and O–H groups in total. The summed E-state index contributed by atoms with van der Waals surface area (Å²) < 4.78 is 35.7. The van der Waals surface area contributed by atoms with Crippen molar-refractivity contribution >= 4 is 5.97 Å². The molecule has 3 heterocycles. The molecule has 27 atom stereocenters. The van der Waals surface area contributed by atoms with Crippen molar-refractivity contribution in [3.8, 4) is 0 Å². The molecule has 0 amide bonds. The van der Waals surface area contributed by atoms with Gasteiger partial charge in [-0.3, -0.25) is 0 Å². The minimum atomic E-state index is -2.15. The van der Waals surface area contributed by atoms with Crippen LogP contribution in [0.3, 0.4) is 0 Å². The van der Waals surface area contributed by atoms with Crippen molar-refractivity contribution in [3.05, 3.63) is 11.6 Å². The molecule has 22 heteroatoms. The molecule has 6 unspecified atom stereocenters. The average Bonchev–Trinajstić information content (AvgIpc) is 3.31. The molecule has 7 fully saturated rings. The smallest absolute Gasteiger partial charge is 0.335 e. The Morgan fingerprint density at radius 2 is 1.20 bits per heavy atom. The number of allylic oxidation sites excluding steroid dienone is 2. The van der Waals surface area contributed by atoms with Gasteiger partial charge in [-0.05, 0) is 84.4 Å². The van der Waals surface area contributed by atoms with Gasteiger partial charge in [0.05, 0.1) is 56.3 Å². The van der Waals surface area contributed by atoms with Crippen LogP contribution in [0.4, 0.5) is 0 Å². The fourth-order valence-electron chi connectivity index (χ4n) is 15.4. The number of aliphatic hydroxyl groups is 14. The lowest BCUT2D eigenvalue weighted by Gasteiger charge is -2.72. The molecular weight excluding hydrogens is 929 g/mol. The lowest BCUT2D eigenvalue weighted by atomic mass is 9.33. The number of aliphatic hydroxyl groups excluding tert-OH is 14. The van der Waals surface area contributed by atoms with E-state index in [0.717, 1.165) is 5.57 Å². The zero-order valence-electron chi connectivity index (χ0n) is 40.6. The SMILES string of the molecule is CC12CC[C@H](O[C@@H]3O[C@H](C(=O)O)[C@@H](O[C@H]4O[C@H](CO)[C@@H](O)[C@H](O)[C@H]4O)[C@H](O)[C@H]3O[C@H]3O[C@H](CO)[C@@H](O)[C@H](O)[C@H]3O)[C@](C)(CO)C1CCC1(C)C2CC=C2C3CC(C)(C)[C@@H](O)[C@H](O)C3(CO)[C@H](O)C[C@]21C. The average molecular weight is 1010 g/mol. The summed E-state index contributed by atoms with van der Waals surface area (Å²) in [5.74, 6) is -2.40. The number of aliphatic carboxylic acids is 1. The van der Waals surface area contributed by atoms with Crippen molar-refractivity contribution < 1.29 is 110 Å². The van der Waals surface area contributed by atoms with Gasteiger partial charge in [0.15, 0.2) is 25.0 Å². The van der Waals surface area contributed by atoms with E-state index in [4.69, 9.17) is 28.4 Å². The summed E-state index contributed by atoms with van der Waals surface area (Å²) in [6, 6.07) is 0. The normalized spacial score (nSPS) is 55.6. The maximum absolute atomic E-state index is 13.0. The van der Waals surface area contributed by atoms with Crippen LogP contribution in [0.1, 0.15) is 86.5 Å². The second kappa shape index (κ2) is 19.2. The Hall–Kier alpha value is -1.59. The van der Waals surface area contributed by atoms with E-state index >= 15 is 0 Å². The van der Waals surface area contributed by atoms with E-state index in [0.29, 0.717) is 32.1 Å². The van der Waals surface area contributed by atoms with Crippen LogP contribution in [0.2, 0.25) is 0 Å². The summed E-state index contributed by atoms with van der Waals surface area (Å²) in [5, 5.41) is 164. The Balaban J connectivity index is 1.11. The van der Waals surface area contributed by atoms with Gasteiger partial charge in [0.1, 0.15) is 67.1 Å². The highest BCUT2D eigenvalue weighted by Crippen LogP contribution is 2.76. The van der Waals surface area contributed by atoms with E-state index in [1.807, 2.05) is 20.8 Å².